The van der Waals surface area contributed by atoms with Crippen LogP contribution in [-0.2, 0) is 0 Å². The molecule has 0 aliphatic carbocycles. The van der Waals surface area contributed by atoms with Gasteiger partial charge in [0.2, 0.25) is 0 Å². The van der Waals surface area contributed by atoms with Crippen molar-refractivity contribution in [3.05, 3.63) is 66.6 Å². The van der Waals surface area contributed by atoms with Gasteiger partial charge in [-0.05, 0) is 66.5 Å². The van der Waals surface area contributed by atoms with Crippen molar-refractivity contribution in [2.75, 3.05) is 20.1 Å². The summed E-state index contributed by atoms with van der Waals surface area (Å²) >= 11 is 0. The highest BCUT2D eigenvalue weighted by Gasteiger charge is 2.22. The molecule has 0 radical (unpaired) electrons. The van der Waals surface area contributed by atoms with Gasteiger partial charge in [0, 0.05) is 18.4 Å². The van der Waals surface area contributed by atoms with Crippen LogP contribution in [0, 0.1) is 0 Å². The summed E-state index contributed by atoms with van der Waals surface area (Å²) in [5.74, 6) is 0.616. The number of aromatic nitrogens is 3. The molecular formula is C21H20N4. The molecule has 5 rings (SSSR count). The third-order valence-corrected chi connectivity index (χ3v) is 5.33. The fourth-order valence-electron chi connectivity index (χ4n) is 4.04. The highest BCUT2D eigenvalue weighted by molar-refractivity contribution is 5.88. The number of pyridine rings is 1. The molecule has 1 aliphatic heterocycles. The van der Waals surface area contributed by atoms with Crippen LogP contribution < -0.4 is 0 Å². The Hall–Kier alpha value is -2.72. The molecule has 4 nitrogen and oxygen atoms in total. The quantitative estimate of drug-likeness (QED) is 0.558. The molecule has 124 valence electrons. The number of nitrogens with zero attached hydrogens (tertiary/aromatic N) is 4. The zero-order valence-corrected chi connectivity index (χ0v) is 14.3. The summed E-state index contributed by atoms with van der Waals surface area (Å²) in [4.78, 5) is 11.2. The zero-order valence-electron chi connectivity index (χ0n) is 14.3. The van der Waals surface area contributed by atoms with Crippen molar-refractivity contribution < 1.29 is 0 Å². The topological polar surface area (TPSA) is 34.0 Å². The second-order valence-electron chi connectivity index (χ2n) is 6.96. The number of imidazole rings is 1. The van der Waals surface area contributed by atoms with Crippen molar-refractivity contribution in [1.82, 2.24) is 19.4 Å². The summed E-state index contributed by atoms with van der Waals surface area (Å²) < 4.78 is 2.12. The third-order valence-electron chi connectivity index (χ3n) is 5.33. The van der Waals surface area contributed by atoms with Gasteiger partial charge in [-0.1, -0.05) is 24.3 Å². The Kier molecular flexibility index (Phi) is 3.31. The lowest BCUT2D eigenvalue weighted by Gasteiger charge is -2.15. The predicted molar refractivity (Wildman–Crippen MR) is 101 cm³/mol. The number of likely N-dealkylation sites (N-methyl/N-ethyl adjacent to an activating group) is 1. The molecule has 1 unspecified atom stereocenters. The Labute approximate surface area is 146 Å². The van der Waals surface area contributed by atoms with Crippen LogP contribution >= 0.6 is 0 Å². The van der Waals surface area contributed by atoms with Crippen molar-refractivity contribution in [3.63, 3.8) is 0 Å². The highest BCUT2D eigenvalue weighted by atomic mass is 15.1. The zero-order chi connectivity index (χ0) is 16.8. The van der Waals surface area contributed by atoms with E-state index in [1.165, 1.54) is 29.3 Å². The lowest BCUT2D eigenvalue weighted by Crippen LogP contribution is -2.13. The molecule has 2 aromatic carbocycles. The fraction of sp³-hybridized carbons (Fsp3) is 0.238. The molecule has 0 saturated carbocycles. The van der Waals surface area contributed by atoms with E-state index in [4.69, 9.17) is 0 Å². The van der Waals surface area contributed by atoms with E-state index >= 15 is 0 Å². The van der Waals surface area contributed by atoms with Gasteiger partial charge in [-0.15, -0.1) is 0 Å². The van der Waals surface area contributed by atoms with Crippen LogP contribution in [0.25, 0.3) is 27.6 Å². The van der Waals surface area contributed by atoms with Crippen LogP contribution in [0.15, 0.2) is 61.1 Å². The number of likely N-dealkylation sites (tertiary alicyclic amines) is 1. The molecule has 4 heteroatoms. The first-order valence-electron chi connectivity index (χ1n) is 8.79. The van der Waals surface area contributed by atoms with E-state index < -0.39 is 0 Å². The van der Waals surface area contributed by atoms with E-state index in [1.807, 2.05) is 12.4 Å². The van der Waals surface area contributed by atoms with Gasteiger partial charge in [-0.25, -0.2) is 9.97 Å². The molecule has 25 heavy (non-hydrogen) atoms. The van der Waals surface area contributed by atoms with Crippen molar-refractivity contribution in [2.45, 2.75) is 12.3 Å². The molecule has 3 heterocycles. The highest BCUT2D eigenvalue weighted by Crippen LogP contribution is 2.33. The standard InChI is InChI=1S/C21H20N4/c1-24-11-9-16(13-24)18-5-2-4-15-7-8-17(12-19(15)18)25-14-23-21-20(25)6-3-10-22-21/h2-8,10,12,14,16H,9,11,13H2,1H3. The molecule has 0 amide bonds. The summed E-state index contributed by atoms with van der Waals surface area (Å²) in [5.41, 5.74) is 4.43. The fourth-order valence-corrected chi connectivity index (χ4v) is 4.04. The number of hydrogen-bond acceptors (Lipinski definition) is 3. The number of rotatable bonds is 2. The monoisotopic (exact) mass is 328 g/mol. The second kappa shape index (κ2) is 5.67. The Bertz CT molecular complexity index is 1070. The smallest absolute Gasteiger partial charge is 0.177 e. The summed E-state index contributed by atoms with van der Waals surface area (Å²) in [6.07, 6.45) is 4.89. The van der Waals surface area contributed by atoms with Crippen LogP contribution in [0.2, 0.25) is 0 Å². The van der Waals surface area contributed by atoms with Gasteiger partial charge >= 0.3 is 0 Å². The minimum absolute atomic E-state index is 0.616. The Morgan fingerprint density at radius 3 is 2.88 bits per heavy atom. The van der Waals surface area contributed by atoms with Crippen molar-refractivity contribution in [3.8, 4) is 5.69 Å². The molecule has 1 aliphatic rings. The van der Waals surface area contributed by atoms with Gasteiger partial charge in [0.25, 0.3) is 0 Å². The van der Waals surface area contributed by atoms with Crippen LogP contribution in [0.5, 0.6) is 0 Å². The summed E-state index contributed by atoms with van der Waals surface area (Å²) in [6, 6.07) is 17.4. The minimum Gasteiger partial charge on any atom is -0.306 e. The molecule has 0 bridgehead atoms. The summed E-state index contributed by atoms with van der Waals surface area (Å²) in [7, 11) is 2.21. The second-order valence-corrected chi connectivity index (χ2v) is 6.96. The van der Waals surface area contributed by atoms with Crippen molar-refractivity contribution >= 4 is 21.9 Å². The largest absolute Gasteiger partial charge is 0.306 e. The van der Waals surface area contributed by atoms with Gasteiger partial charge in [-0.3, -0.25) is 4.57 Å². The Morgan fingerprint density at radius 2 is 2.00 bits per heavy atom. The molecule has 2 aromatic heterocycles. The van der Waals surface area contributed by atoms with E-state index in [0.717, 1.165) is 23.4 Å². The molecule has 1 saturated heterocycles. The lowest BCUT2D eigenvalue weighted by atomic mass is 9.92. The van der Waals surface area contributed by atoms with Gasteiger partial charge < -0.3 is 4.90 Å². The van der Waals surface area contributed by atoms with Crippen LogP contribution in [-0.4, -0.2) is 39.6 Å². The van der Waals surface area contributed by atoms with Crippen molar-refractivity contribution in [2.24, 2.45) is 0 Å². The maximum absolute atomic E-state index is 4.43. The van der Waals surface area contributed by atoms with E-state index in [2.05, 4.69) is 68.9 Å². The number of fused-ring (bicyclic) bond motifs is 2. The van der Waals surface area contributed by atoms with Crippen molar-refractivity contribution in [1.29, 1.82) is 0 Å². The first kappa shape index (κ1) is 14.6. The van der Waals surface area contributed by atoms with Gasteiger partial charge in [0.05, 0.1) is 5.52 Å². The summed E-state index contributed by atoms with van der Waals surface area (Å²) in [5, 5.41) is 2.66. The van der Waals surface area contributed by atoms with Crippen LogP contribution in [0.4, 0.5) is 0 Å². The van der Waals surface area contributed by atoms with Gasteiger partial charge in [0.15, 0.2) is 5.65 Å². The van der Waals surface area contributed by atoms with Gasteiger partial charge in [0.1, 0.15) is 6.33 Å². The first-order chi connectivity index (χ1) is 12.3. The Morgan fingerprint density at radius 1 is 1.04 bits per heavy atom. The number of hydrogen-bond donors (Lipinski definition) is 0. The van der Waals surface area contributed by atoms with Crippen LogP contribution in [0.1, 0.15) is 17.9 Å². The average Bonchev–Trinajstić information content (AvgIpc) is 3.27. The Balaban J connectivity index is 1.68. The molecule has 1 atom stereocenters. The van der Waals surface area contributed by atoms with E-state index in [-0.39, 0.29) is 0 Å². The van der Waals surface area contributed by atoms with Crippen LogP contribution in [0.3, 0.4) is 0 Å². The average molecular weight is 328 g/mol. The van der Waals surface area contributed by atoms with E-state index in [9.17, 15) is 0 Å². The normalized spacial score (nSPS) is 18.4. The van der Waals surface area contributed by atoms with E-state index in [0.29, 0.717) is 5.92 Å². The molecular weight excluding hydrogens is 308 g/mol. The molecule has 0 N–H and O–H groups in total. The van der Waals surface area contributed by atoms with E-state index in [1.54, 1.807) is 6.20 Å². The third kappa shape index (κ3) is 2.41. The maximum atomic E-state index is 4.43. The molecule has 4 aromatic rings. The molecule has 1 fully saturated rings. The molecule has 0 spiro atoms. The lowest BCUT2D eigenvalue weighted by molar-refractivity contribution is 0.412. The SMILES string of the molecule is CN1CCC(c2cccc3ccc(-n4cnc5ncccc54)cc23)C1. The number of benzene rings is 2. The first-order valence-corrected chi connectivity index (χ1v) is 8.79. The minimum atomic E-state index is 0.616. The summed E-state index contributed by atoms with van der Waals surface area (Å²) in [6.45, 7) is 2.32. The predicted octanol–water partition coefficient (Wildman–Crippen LogP) is 3.99. The maximum Gasteiger partial charge on any atom is 0.177 e. The van der Waals surface area contributed by atoms with Gasteiger partial charge in [-0.2, -0.15) is 0 Å².